The Morgan fingerprint density at radius 3 is 2.33 bits per heavy atom. The lowest BCUT2D eigenvalue weighted by Gasteiger charge is -2.35. The third kappa shape index (κ3) is 5.61. The molecule has 2 saturated heterocycles. The zero-order valence-corrected chi connectivity index (χ0v) is 23.0. The average Bonchev–Trinajstić information content (AvgIpc) is 3.46. The van der Waals surface area contributed by atoms with Gasteiger partial charge in [-0.15, -0.1) is 0 Å². The van der Waals surface area contributed by atoms with E-state index in [4.69, 9.17) is 4.42 Å². The molecule has 0 saturated carbocycles. The molecule has 42 heavy (non-hydrogen) atoms. The summed E-state index contributed by atoms with van der Waals surface area (Å²) in [6.45, 7) is 5.12. The quantitative estimate of drug-likeness (QED) is 0.271. The van der Waals surface area contributed by atoms with Crippen LogP contribution in [0.3, 0.4) is 0 Å². The van der Waals surface area contributed by atoms with Crippen LogP contribution < -0.4 is 16.0 Å². The first-order valence-electron chi connectivity index (χ1n) is 14.1. The van der Waals surface area contributed by atoms with Gasteiger partial charge in [0, 0.05) is 75.1 Å². The number of rotatable bonds is 8. The van der Waals surface area contributed by atoms with E-state index in [-0.39, 0.29) is 40.2 Å². The number of ketones is 2. The highest BCUT2D eigenvalue weighted by Gasteiger charge is 2.34. The van der Waals surface area contributed by atoms with Crippen LogP contribution in [0.25, 0.3) is 0 Å². The molecule has 1 atom stereocenters. The molecule has 2 fully saturated rings. The molecule has 11 nitrogen and oxygen atoms in total. The topological polar surface area (TPSA) is 141 Å². The minimum absolute atomic E-state index is 0.0519. The van der Waals surface area contributed by atoms with Gasteiger partial charge in [0.2, 0.25) is 17.6 Å². The smallest absolute Gasteiger partial charge is 0.287 e. The molecule has 6 rings (SSSR count). The van der Waals surface area contributed by atoms with E-state index in [9.17, 15) is 24.0 Å². The number of carbonyl (C=O) groups is 5. The fourth-order valence-electron chi connectivity index (χ4n) is 5.63. The van der Waals surface area contributed by atoms with Crippen molar-refractivity contribution in [1.82, 2.24) is 20.4 Å². The fraction of sp³-hybridized carbons (Fsp3) is 0.323. The van der Waals surface area contributed by atoms with Crippen LogP contribution >= 0.6 is 0 Å². The van der Waals surface area contributed by atoms with Crippen molar-refractivity contribution in [3.8, 4) is 0 Å². The van der Waals surface area contributed by atoms with Crippen LogP contribution in [0.1, 0.15) is 61.0 Å². The van der Waals surface area contributed by atoms with Crippen LogP contribution in [0, 0.1) is 0 Å². The lowest BCUT2D eigenvalue weighted by atomic mass is 9.89. The van der Waals surface area contributed by atoms with Crippen LogP contribution in [0.5, 0.6) is 0 Å². The third-order valence-corrected chi connectivity index (χ3v) is 7.98. The van der Waals surface area contributed by atoms with Crippen molar-refractivity contribution >= 4 is 35.0 Å². The zero-order valence-electron chi connectivity index (χ0n) is 23.0. The maximum absolute atomic E-state index is 12.8. The van der Waals surface area contributed by atoms with Crippen LogP contribution in [0.15, 0.2) is 59.0 Å². The van der Waals surface area contributed by atoms with Gasteiger partial charge in [0.1, 0.15) is 6.04 Å². The number of benzene rings is 2. The van der Waals surface area contributed by atoms with Crippen molar-refractivity contribution in [3.05, 3.63) is 88.4 Å². The van der Waals surface area contributed by atoms with Gasteiger partial charge in [0.05, 0.1) is 5.56 Å². The molecule has 11 heteroatoms. The van der Waals surface area contributed by atoms with Gasteiger partial charge < -0.3 is 15.1 Å². The number of piperidine rings is 1. The number of piperazine rings is 1. The van der Waals surface area contributed by atoms with E-state index in [1.165, 1.54) is 6.07 Å². The predicted molar refractivity (Wildman–Crippen MR) is 152 cm³/mol. The van der Waals surface area contributed by atoms with E-state index in [1.54, 1.807) is 24.3 Å². The Bertz CT molecular complexity index is 1520. The first kappa shape index (κ1) is 27.6. The monoisotopic (exact) mass is 569 g/mol. The van der Waals surface area contributed by atoms with Crippen molar-refractivity contribution in [1.29, 1.82) is 0 Å². The van der Waals surface area contributed by atoms with Gasteiger partial charge in [-0.3, -0.25) is 39.1 Å². The number of amides is 3. The molecule has 2 aromatic carbocycles. The second kappa shape index (κ2) is 11.7. The Labute approximate surface area is 242 Å². The SMILES string of the molecule is O=C1CCC(Nc2ccccc2CN2CCN(CCNC(=O)c3cc4c(o3)C(=O)c3ccccc3C4=O)CC2)C(=O)N1. The molecular formula is C31H31N5O6. The Morgan fingerprint density at radius 2 is 1.57 bits per heavy atom. The molecular weight excluding hydrogens is 538 g/mol. The number of imide groups is 1. The second-order valence-corrected chi connectivity index (χ2v) is 10.7. The van der Waals surface area contributed by atoms with E-state index < -0.39 is 17.7 Å². The maximum atomic E-state index is 12.8. The minimum atomic E-state index is -0.465. The average molecular weight is 570 g/mol. The number of furan rings is 1. The number of fused-ring (bicyclic) bond motifs is 2. The molecule has 0 spiro atoms. The first-order chi connectivity index (χ1) is 20.4. The van der Waals surface area contributed by atoms with Crippen LogP contribution in [0.4, 0.5) is 5.69 Å². The molecule has 3 amide bonds. The molecule has 3 N–H and O–H groups in total. The zero-order chi connectivity index (χ0) is 29.2. The molecule has 1 aromatic heterocycles. The normalized spacial score (nSPS) is 19.2. The number of nitrogens with zero attached hydrogens (tertiary/aromatic N) is 2. The highest BCUT2D eigenvalue weighted by Crippen LogP contribution is 2.29. The van der Waals surface area contributed by atoms with Crippen molar-refractivity contribution in [2.75, 3.05) is 44.6 Å². The van der Waals surface area contributed by atoms with E-state index >= 15 is 0 Å². The van der Waals surface area contributed by atoms with Crippen LogP contribution in [-0.4, -0.2) is 84.4 Å². The largest absolute Gasteiger partial charge is 0.447 e. The summed E-state index contributed by atoms with van der Waals surface area (Å²) in [5.41, 5.74) is 2.70. The van der Waals surface area contributed by atoms with Crippen LogP contribution in [-0.2, 0) is 16.1 Å². The summed E-state index contributed by atoms with van der Waals surface area (Å²) in [7, 11) is 0. The molecule has 1 unspecified atom stereocenters. The molecule has 0 bridgehead atoms. The highest BCUT2D eigenvalue weighted by atomic mass is 16.4. The van der Waals surface area contributed by atoms with Crippen molar-refractivity contribution in [2.24, 2.45) is 0 Å². The number of anilines is 1. The Morgan fingerprint density at radius 1 is 0.881 bits per heavy atom. The lowest BCUT2D eigenvalue weighted by Crippen LogP contribution is -2.48. The second-order valence-electron chi connectivity index (χ2n) is 10.7. The summed E-state index contributed by atoms with van der Waals surface area (Å²) >= 11 is 0. The van der Waals surface area contributed by atoms with Crippen molar-refractivity contribution in [3.63, 3.8) is 0 Å². The lowest BCUT2D eigenvalue weighted by molar-refractivity contribution is -0.133. The van der Waals surface area contributed by atoms with E-state index in [1.807, 2.05) is 24.3 Å². The van der Waals surface area contributed by atoms with Gasteiger partial charge in [-0.25, -0.2) is 0 Å². The number of carbonyl (C=O) groups excluding carboxylic acids is 5. The third-order valence-electron chi connectivity index (χ3n) is 7.98. The molecule has 0 radical (unpaired) electrons. The van der Waals surface area contributed by atoms with Gasteiger partial charge in [-0.1, -0.05) is 42.5 Å². The van der Waals surface area contributed by atoms with Gasteiger partial charge in [0.15, 0.2) is 17.3 Å². The molecule has 3 aliphatic rings. The van der Waals surface area contributed by atoms with Crippen LogP contribution in [0.2, 0.25) is 0 Å². The molecule has 216 valence electrons. The summed E-state index contributed by atoms with van der Waals surface area (Å²) < 4.78 is 5.54. The summed E-state index contributed by atoms with van der Waals surface area (Å²) in [4.78, 5) is 66.6. The highest BCUT2D eigenvalue weighted by molar-refractivity contribution is 6.27. The molecule has 2 aliphatic heterocycles. The summed E-state index contributed by atoms with van der Waals surface area (Å²) in [6, 6.07) is 15.4. The number of para-hydroxylation sites is 1. The minimum Gasteiger partial charge on any atom is -0.447 e. The molecule has 1 aliphatic carbocycles. The molecule has 3 aromatic rings. The fourth-order valence-corrected chi connectivity index (χ4v) is 5.63. The van der Waals surface area contributed by atoms with Gasteiger partial charge in [0.25, 0.3) is 5.91 Å². The number of nitrogens with one attached hydrogen (secondary N) is 3. The Hall–Kier alpha value is -4.61. The standard InChI is InChI=1S/C31H31N5O6/c37-26-10-9-24(30(40)34-26)33-23-8-4-1-5-19(23)18-36-15-13-35(14-16-36)12-11-32-31(41)25-17-22-27(38)20-6-2-3-7-21(20)28(39)29(22)42-25/h1-8,17,24,33H,9-16,18H2,(H,32,41)(H,34,37,40). The summed E-state index contributed by atoms with van der Waals surface area (Å²) in [6.07, 6.45) is 0.798. The van der Waals surface area contributed by atoms with E-state index in [0.717, 1.165) is 44.0 Å². The Kier molecular flexibility index (Phi) is 7.68. The predicted octanol–water partition coefficient (Wildman–Crippen LogP) is 1.82. The van der Waals surface area contributed by atoms with Gasteiger partial charge in [-0.2, -0.15) is 0 Å². The number of hydrogen-bond donors (Lipinski definition) is 3. The first-order valence-corrected chi connectivity index (χ1v) is 14.1. The molecule has 3 heterocycles. The van der Waals surface area contributed by atoms with E-state index in [0.29, 0.717) is 31.5 Å². The maximum Gasteiger partial charge on any atom is 0.287 e. The Balaban J connectivity index is 0.974. The van der Waals surface area contributed by atoms with Gasteiger partial charge >= 0.3 is 0 Å². The van der Waals surface area contributed by atoms with E-state index in [2.05, 4.69) is 25.8 Å². The number of hydrogen-bond acceptors (Lipinski definition) is 9. The van der Waals surface area contributed by atoms with Crippen molar-refractivity contribution in [2.45, 2.75) is 25.4 Å². The van der Waals surface area contributed by atoms with Crippen molar-refractivity contribution < 1.29 is 28.4 Å². The summed E-state index contributed by atoms with van der Waals surface area (Å²) in [5, 5.41) is 8.54. The van der Waals surface area contributed by atoms with Gasteiger partial charge in [-0.05, 0) is 18.1 Å². The summed E-state index contributed by atoms with van der Waals surface area (Å²) in [5.74, 6) is -1.85.